The predicted octanol–water partition coefficient (Wildman–Crippen LogP) is 3.67. The molecule has 0 aliphatic heterocycles. The van der Waals surface area contributed by atoms with E-state index in [9.17, 15) is 14.3 Å². The Morgan fingerprint density at radius 1 is 1.50 bits per heavy atom. The summed E-state index contributed by atoms with van der Waals surface area (Å²) in [5, 5.41) is 13.6. The summed E-state index contributed by atoms with van der Waals surface area (Å²) in [5.74, 6) is -1.42. The molecule has 1 aromatic carbocycles. The molecule has 0 aliphatic rings. The van der Waals surface area contributed by atoms with Gasteiger partial charge in [-0.3, -0.25) is 4.68 Å². The van der Waals surface area contributed by atoms with Crippen LogP contribution in [0.4, 0.5) is 4.39 Å². The van der Waals surface area contributed by atoms with Gasteiger partial charge < -0.3 is 5.11 Å². The van der Waals surface area contributed by atoms with Crippen molar-refractivity contribution in [1.82, 2.24) is 9.78 Å². The van der Waals surface area contributed by atoms with Crippen molar-refractivity contribution in [3.63, 3.8) is 0 Å². The second-order valence-corrected chi connectivity index (χ2v) is 4.90. The highest BCUT2D eigenvalue weighted by Crippen LogP contribution is 2.26. The first-order valence-corrected chi connectivity index (χ1v) is 6.53. The van der Waals surface area contributed by atoms with E-state index in [0.717, 1.165) is 6.42 Å². The topological polar surface area (TPSA) is 55.1 Å². The fraction of sp³-hybridized carbons (Fsp3) is 0.333. The summed E-state index contributed by atoms with van der Waals surface area (Å²) in [5.41, 5.74) is 1.39. The molecule has 2 rings (SSSR count). The van der Waals surface area contributed by atoms with Crippen LogP contribution in [0.2, 0.25) is 0 Å². The molecule has 0 aliphatic carbocycles. The van der Waals surface area contributed by atoms with Crippen LogP contribution in [0.3, 0.4) is 0 Å². The highest BCUT2D eigenvalue weighted by molar-refractivity contribution is 5.94. The minimum atomic E-state index is -1.06. The molecule has 2 aromatic rings. The summed E-state index contributed by atoms with van der Waals surface area (Å²) in [6.45, 7) is 5.62. The quantitative estimate of drug-likeness (QED) is 0.927. The highest BCUT2D eigenvalue weighted by atomic mass is 19.1. The van der Waals surface area contributed by atoms with Gasteiger partial charge in [-0.2, -0.15) is 5.10 Å². The summed E-state index contributed by atoms with van der Waals surface area (Å²) in [6.07, 6.45) is 2.34. The van der Waals surface area contributed by atoms with Gasteiger partial charge in [0.25, 0.3) is 0 Å². The zero-order valence-electron chi connectivity index (χ0n) is 11.7. The molecule has 1 heterocycles. The van der Waals surface area contributed by atoms with E-state index in [1.807, 2.05) is 13.8 Å². The second kappa shape index (κ2) is 5.45. The SMILES string of the molecule is CCC(C)n1cc(C(=O)O)c(-c2ccc(C)c(F)c2)n1. The number of benzene rings is 1. The third kappa shape index (κ3) is 2.57. The van der Waals surface area contributed by atoms with Gasteiger partial charge in [-0.25, -0.2) is 9.18 Å². The molecule has 0 radical (unpaired) electrons. The number of aromatic carboxylic acids is 1. The average molecular weight is 276 g/mol. The van der Waals surface area contributed by atoms with Crippen molar-refractivity contribution < 1.29 is 14.3 Å². The normalized spacial score (nSPS) is 12.4. The standard InChI is InChI=1S/C15H17FN2O2/c1-4-10(3)18-8-12(15(19)20)14(17-18)11-6-5-9(2)13(16)7-11/h5-8,10H,4H2,1-3H3,(H,19,20). The smallest absolute Gasteiger partial charge is 0.339 e. The second-order valence-electron chi connectivity index (χ2n) is 4.90. The van der Waals surface area contributed by atoms with Crippen molar-refractivity contribution in [2.75, 3.05) is 0 Å². The number of nitrogens with zero attached hydrogens (tertiary/aromatic N) is 2. The number of rotatable bonds is 4. The lowest BCUT2D eigenvalue weighted by Crippen LogP contribution is -2.04. The number of hydrogen-bond acceptors (Lipinski definition) is 2. The lowest BCUT2D eigenvalue weighted by atomic mass is 10.1. The highest BCUT2D eigenvalue weighted by Gasteiger charge is 2.19. The Morgan fingerprint density at radius 2 is 2.20 bits per heavy atom. The van der Waals surface area contributed by atoms with Crippen LogP contribution in [0.1, 0.15) is 42.2 Å². The zero-order valence-corrected chi connectivity index (χ0v) is 11.7. The molecule has 0 bridgehead atoms. The summed E-state index contributed by atoms with van der Waals surface area (Å²) < 4.78 is 15.3. The van der Waals surface area contributed by atoms with Crippen LogP contribution < -0.4 is 0 Å². The van der Waals surface area contributed by atoms with Gasteiger partial charge in [0.05, 0.1) is 0 Å². The van der Waals surface area contributed by atoms with Gasteiger partial charge in [-0.15, -0.1) is 0 Å². The van der Waals surface area contributed by atoms with Gasteiger partial charge in [0.15, 0.2) is 0 Å². The molecule has 5 heteroatoms. The summed E-state index contributed by atoms with van der Waals surface area (Å²) in [7, 11) is 0. The fourth-order valence-electron chi connectivity index (χ4n) is 1.91. The molecule has 1 unspecified atom stereocenters. The van der Waals surface area contributed by atoms with Gasteiger partial charge in [0.2, 0.25) is 0 Å². The van der Waals surface area contributed by atoms with Crippen LogP contribution in [0.5, 0.6) is 0 Å². The van der Waals surface area contributed by atoms with Crippen LogP contribution in [-0.2, 0) is 0 Å². The Balaban J connectivity index is 2.56. The summed E-state index contributed by atoms with van der Waals surface area (Å²) >= 11 is 0. The van der Waals surface area contributed by atoms with E-state index in [1.54, 1.807) is 23.7 Å². The first-order valence-electron chi connectivity index (χ1n) is 6.53. The number of hydrogen-bond donors (Lipinski definition) is 1. The van der Waals surface area contributed by atoms with Crippen LogP contribution >= 0.6 is 0 Å². The molecule has 0 spiro atoms. The predicted molar refractivity (Wildman–Crippen MR) is 74.3 cm³/mol. The minimum Gasteiger partial charge on any atom is -0.478 e. The number of aryl methyl sites for hydroxylation is 1. The molecule has 0 saturated heterocycles. The fourth-order valence-corrected chi connectivity index (χ4v) is 1.91. The van der Waals surface area contributed by atoms with Crippen molar-refractivity contribution in [2.24, 2.45) is 0 Å². The third-order valence-corrected chi connectivity index (χ3v) is 3.45. The largest absolute Gasteiger partial charge is 0.478 e. The van der Waals surface area contributed by atoms with E-state index in [1.165, 1.54) is 12.3 Å². The number of carbonyl (C=O) groups is 1. The molecular weight excluding hydrogens is 259 g/mol. The summed E-state index contributed by atoms with van der Waals surface area (Å²) in [6, 6.07) is 4.73. The van der Waals surface area contributed by atoms with Gasteiger partial charge in [-0.1, -0.05) is 19.1 Å². The van der Waals surface area contributed by atoms with Crippen LogP contribution in [0.15, 0.2) is 24.4 Å². The minimum absolute atomic E-state index is 0.0913. The van der Waals surface area contributed by atoms with Crippen LogP contribution in [-0.4, -0.2) is 20.9 Å². The van der Waals surface area contributed by atoms with E-state index < -0.39 is 5.97 Å². The van der Waals surface area contributed by atoms with Crippen molar-refractivity contribution in [2.45, 2.75) is 33.2 Å². The molecule has 0 fully saturated rings. The Morgan fingerprint density at radius 3 is 2.75 bits per heavy atom. The van der Waals surface area contributed by atoms with Crippen molar-refractivity contribution in [3.05, 3.63) is 41.3 Å². The Labute approximate surface area is 116 Å². The molecule has 1 atom stereocenters. The van der Waals surface area contributed by atoms with Gasteiger partial charge in [0.1, 0.15) is 17.1 Å². The van der Waals surface area contributed by atoms with E-state index >= 15 is 0 Å². The maximum Gasteiger partial charge on any atom is 0.339 e. The number of carboxylic acids is 1. The van der Waals surface area contributed by atoms with Gasteiger partial charge in [-0.05, 0) is 31.9 Å². The van der Waals surface area contributed by atoms with Crippen molar-refractivity contribution in [1.29, 1.82) is 0 Å². The van der Waals surface area contributed by atoms with Crippen LogP contribution in [0.25, 0.3) is 11.3 Å². The lowest BCUT2D eigenvalue weighted by Gasteiger charge is -2.08. The Hall–Kier alpha value is -2.17. The molecular formula is C15H17FN2O2. The summed E-state index contributed by atoms with van der Waals surface area (Å²) in [4.78, 5) is 11.3. The molecule has 20 heavy (non-hydrogen) atoms. The van der Waals surface area contributed by atoms with E-state index in [2.05, 4.69) is 5.10 Å². The monoisotopic (exact) mass is 276 g/mol. The third-order valence-electron chi connectivity index (χ3n) is 3.45. The van der Waals surface area contributed by atoms with E-state index in [4.69, 9.17) is 0 Å². The Bertz CT molecular complexity index is 649. The maximum atomic E-state index is 13.6. The maximum absolute atomic E-state index is 13.6. The molecule has 0 amide bonds. The van der Waals surface area contributed by atoms with Gasteiger partial charge >= 0.3 is 5.97 Å². The first kappa shape index (κ1) is 14.2. The number of halogens is 1. The number of carboxylic acid groups (broad SMARTS) is 1. The molecule has 0 saturated carbocycles. The van der Waals surface area contributed by atoms with E-state index in [0.29, 0.717) is 16.8 Å². The number of aromatic nitrogens is 2. The van der Waals surface area contributed by atoms with E-state index in [-0.39, 0.29) is 17.4 Å². The molecule has 1 N–H and O–H groups in total. The molecule has 1 aromatic heterocycles. The van der Waals surface area contributed by atoms with Crippen molar-refractivity contribution in [3.8, 4) is 11.3 Å². The average Bonchev–Trinajstić information content (AvgIpc) is 2.86. The Kier molecular flexibility index (Phi) is 3.88. The zero-order chi connectivity index (χ0) is 14.9. The van der Waals surface area contributed by atoms with Gasteiger partial charge in [0, 0.05) is 17.8 Å². The lowest BCUT2D eigenvalue weighted by molar-refractivity contribution is 0.0697. The van der Waals surface area contributed by atoms with Crippen LogP contribution in [0, 0.1) is 12.7 Å². The molecule has 106 valence electrons. The first-order chi connectivity index (χ1) is 9.43. The van der Waals surface area contributed by atoms with Crippen molar-refractivity contribution >= 4 is 5.97 Å². The molecule has 4 nitrogen and oxygen atoms in total.